The van der Waals surface area contributed by atoms with Gasteiger partial charge in [-0.1, -0.05) is 29.5 Å². The quantitative estimate of drug-likeness (QED) is 0.653. The van der Waals surface area contributed by atoms with Crippen molar-refractivity contribution in [2.75, 3.05) is 0 Å². The van der Waals surface area contributed by atoms with Crippen LogP contribution in [0.3, 0.4) is 0 Å². The molecule has 0 fully saturated rings. The molecule has 0 radical (unpaired) electrons. The van der Waals surface area contributed by atoms with Crippen molar-refractivity contribution in [3.8, 4) is 10.6 Å². The van der Waals surface area contributed by atoms with Crippen molar-refractivity contribution < 1.29 is 0 Å². The van der Waals surface area contributed by atoms with Crippen molar-refractivity contribution in [1.29, 1.82) is 0 Å². The zero-order valence-corrected chi connectivity index (χ0v) is 11.7. The highest BCUT2D eigenvalue weighted by Crippen LogP contribution is 2.31. The molecule has 0 aliphatic heterocycles. The fourth-order valence-corrected chi connectivity index (χ4v) is 2.28. The molecule has 0 aliphatic rings. The molecule has 1 aromatic heterocycles. The van der Waals surface area contributed by atoms with Gasteiger partial charge in [0.2, 0.25) is 5.13 Å². The molecule has 7 heteroatoms. The highest BCUT2D eigenvalue weighted by Gasteiger charge is 2.09. The van der Waals surface area contributed by atoms with Crippen LogP contribution in [0.2, 0.25) is 0 Å². The summed E-state index contributed by atoms with van der Waals surface area (Å²) in [5.74, 6) is -0.00587. The highest BCUT2D eigenvalue weighted by atomic mass is 35.5. The monoisotopic (exact) mass is 283 g/mol. The second-order valence-corrected chi connectivity index (χ2v) is 4.63. The Labute approximate surface area is 115 Å². The molecule has 2 aromatic rings. The van der Waals surface area contributed by atoms with Crippen molar-refractivity contribution in [3.05, 3.63) is 29.3 Å². The van der Waals surface area contributed by atoms with E-state index in [1.165, 1.54) is 22.5 Å². The molecule has 0 atom stereocenters. The number of aliphatic imine (C=N–C) groups is 1. The first-order valence-electron chi connectivity index (χ1n) is 5.07. The fraction of sp³-hybridized carbons (Fsp3) is 0.182. The van der Waals surface area contributed by atoms with Gasteiger partial charge in [0.05, 0.1) is 0 Å². The Kier molecular flexibility index (Phi) is 4.63. The zero-order valence-electron chi connectivity index (χ0n) is 10.0. The van der Waals surface area contributed by atoms with Gasteiger partial charge in [-0.25, -0.2) is 0 Å². The van der Waals surface area contributed by atoms with E-state index in [9.17, 15) is 0 Å². The van der Waals surface area contributed by atoms with E-state index in [0.717, 1.165) is 10.6 Å². The molecule has 96 valence electrons. The molecular formula is C11H14ClN5S. The molecule has 0 spiro atoms. The summed E-state index contributed by atoms with van der Waals surface area (Å²) >= 11 is 1.37. The molecule has 0 unspecified atom stereocenters. The molecule has 2 rings (SSSR count). The Bertz CT molecular complexity index is 575. The molecule has 1 heterocycles. The van der Waals surface area contributed by atoms with Crippen LogP contribution in [0.1, 0.15) is 11.1 Å². The van der Waals surface area contributed by atoms with E-state index < -0.39 is 0 Å². The number of hydrogen-bond acceptors (Lipinski definition) is 4. The van der Waals surface area contributed by atoms with Gasteiger partial charge in [-0.3, -0.25) is 0 Å². The third-order valence-electron chi connectivity index (χ3n) is 2.47. The molecule has 5 nitrogen and oxygen atoms in total. The standard InChI is InChI=1S/C11H13N5S.ClH/c1-6-4-3-5-8(7(6)2)9-15-16-11(17-9)14-10(12)13;/h3-5H,1-2H3,(H4,12,13,14,16);1H. The highest BCUT2D eigenvalue weighted by molar-refractivity contribution is 7.18. The summed E-state index contributed by atoms with van der Waals surface area (Å²) in [6.45, 7) is 4.13. The van der Waals surface area contributed by atoms with Crippen LogP contribution in [0, 0.1) is 13.8 Å². The summed E-state index contributed by atoms with van der Waals surface area (Å²) in [7, 11) is 0. The van der Waals surface area contributed by atoms with Gasteiger partial charge in [0, 0.05) is 5.56 Å². The molecule has 0 saturated heterocycles. The van der Waals surface area contributed by atoms with Crippen molar-refractivity contribution in [2.24, 2.45) is 16.5 Å². The topological polar surface area (TPSA) is 90.2 Å². The lowest BCUT2D eigenvalue weighted by atomic mass is 10.0. The van der Waals surface area contributed by atoms with Crippen LogP contribution >= 0.6 is 23.7 Å². The Morgan fingerprint density at radius 3 is 2.61 bits per heavy atom. The van der Waals surface area contributed by atoms with Crippen LogP contribution < -0.4 is 11.5 Å². The lowest BCUT2D eigenvalue weighted by molar-refractivity contribution is 1.08. The molecular weight excluding hydrogens is 270 g/mol. The maximum Gasteiger partial charge on any atom is 0.235 e. The van der Waals surface area contributed by atoms with Crippen LogP contribution in [0.25, 0.3) is 10.6 Å². The van der Waals surface area contributed by atoms with Crippen molar-refractivity contribution >= 4 is 34.8 Å². The van der Waals surface area contributed by atoms with E-state index in [-0.39, 0.29) is 18.4 Å². The van der Waals surface area contributed by atoms with Crippen molar-refractivity contribution in [3.63, 3.8) is 0 Å². The third kappa shape index (κ3) is 2.96. The van der Waals surface area contributed by atoms with E-state index in [2.05, 4.69) is 35.1 Å². The van der Waals surface area contributed by atoms with E-state index in [1.54, 1.807) is 0 Å². The van der Waals surface area contributed by atoms with Crippen molar-refractivity contribution in [2.45, 2.75) is 13.8 Å². The Morgan fingerprint density at radius 2 is 1.94 bits per heavy atom. The average Bonchev–Trinajstić information content (AvgIpc) is 2.69. The first-order chi connectivity index (χ1) is 8.08. The molecule has 0 saturated carbocycles. The normalized spacial score (nSPS) is 9.67. The first kappa shape index (κ1) is 14.4. The van der Waals surface area contributed by atoms with Gasteiger partial charge in [0.1, 0.15) is 5.01 Å². The summed E-state index contributed by atoms with van der Waals surface area (Å²) < 4.78 is 0. The number of aryl methyl sites for hydroxylation is 1. The van der Waals surface area contributed by atoms with Gasteiger partial charge in [-0.2, -0.15) is 4.99 Å². The number of guanidine groups is 1. The predicted molar refractivity (Wildman–Crippen MR) is 77.5 cm³/mol. The van der Waals surface area contributed by atoms with Crippen LogP contribution in [0.4, 0.5) is 5.13 Å². The van der Waals surface area contributed by atoms with E-state index in [4.69, 9.17) is 11.5 Å². The minimum Gasteiger partial charge on any atom is -0.370 e. The van der Waals surface area contributed by atoms with Gasteiger partial charge in [0.25, 0.3) is 0 Å². The van der Waals surface area contributed by atoms with Gasteiger partial charge in [-0.15, -0.1) is 22.6 Å². The van der Waals surface area contributed by atoms with Gasteiger partial charge < -0.3 is 11.5 Å². The predicted octanol–water partition coefficient (Wildman–Crippen LogP) is 2.15. The number of nitrogens with zero attached hydrogens (tertiary/aromatic N) is 3. The molecule has 0 aliphatic carbocycles. The van der Waals surface area contributed by atoms with E-state index >= 15 is 0 Å². The average molecular weight is 284 g/mol. The van der Waals surface area contributed by atoms with Gasteiger partial charge in [-0.05, 0) is 25.0 Å². The summed E-state index contributed by atoms with van der Waals surface area (Å²) in [4.78, 5) is 3.87. The number of benzene rings is 1. The lowest BCUT2D eigenvalue weighted by Crippen LogP contribution is -2.21. The number of aromatic nitrogens is 2. The molecule has 0 amide bonds. The van der Waals surface area contributed by atoms with E-state index in [0.29, 0.717) is 5.13 Å². The minimum atomic E-state index is -0.00587. The van der Waals surface area contributed by atoms with Gasteiger partial charge in [0.15, 0.2) is 5.96 Å². The van der Waals surface area contributed by atoms with Crippen molar-refractivity contribution in [1.82, 2.24) is 10.2 Å². The fourth-order valence-electron chi connectivity index (χ4n) is 1.46. The maximum atomic E-state index is 5.29. The molecule has 4 N–H and O–H groups in total. The Hall–Kier alpha value is -1.66. The van der Waals surface area contributed by atoms with Crippen LogP contribution in [-0.4, -0.2) is 16.2 Å². The summed E-state index contributed by atoms with van der Waals surface area (Å²) in [6, 6.07) is 6.08. The number of rotatable bonds is 2. The second kappa shape index (κ2) is 5.79. The summed E-state index contributed by atoms with van der Waals surface area (Å²) in [5, 5.41) is 9.31. The first-order valence-corrected chi connectivity index (χ1v) is 5.89. The SMILES string of the molecule is Cc1cccc(-c2nnc(N=C(N)N)s2)c1C.Cl. The van der Waals surface area contributed by atoms with Crippen LogP contribution in [0.15, 0.2) is 23.2 Å². The number of hydrogen-bond donors (Lipinski definition) is 2. The molecule has 0 bridgehead atoms. The molecule has 18 heavy (non-hydrogen) atoms. The zero-order chi connectivity index (χ0) is 12.4. The van der Waals surface area contributed by atoms with Crippen LogP contribution in [-0.2, 0) is 0 Å². The van der Waals surface area contributed by atoms with Gasteiger partial charge >= 0.3 is 0 Å². The lowest BCUT2D eigenvalue weighted by Gasteiger charge is -2.03. The minimum absolute atomic E-state index is 0. The number of nitrogens with two attached hydrogens (primary N) is 2. The van der Waals surface area contributed by atoms with Crippen LogP contribution in [0.5, 0.6) is 0 Å². The third-order valence-corrected chi connectivity index (χ3v) is 3.32. The summed E-state index contributed by atoms with van der Waals surface area (Å²) in [5.41, 5.74) is 14.1. The maximum absolute atomic E-state index is 5.29. The number of halogens is 1. The Morgan fingerprint density at radius 1 is 1.22 bits per heavy atom. The smallest absolute Gasteiger partial charge is 0.235 e. The van der Waals surface area contributed by atoms with E-state index in [1.807, 2.05) is 12.1 Å². The summed E-state index contributed by atoms with van der Waals surface area (Å²) in [6.07, 6.45) is 0. The largest absolute Gasteiger partial charge is 0.370 e. The molecule has 1 aromatic carbocycles. The second-order valence-electron chi connectivity index (χ2n) is 3.67. The Balaban J connectivity index is 0.00000162.